The number of nitrogens with zero attached hydrogens (tertiary/aromatic N) is 1. The lowest BCUT2D eigenvalue weighted by Crippen LogP contribution is -2.29. The molecule has 3 rings (SSSR count). The van der Waals surface area contributed by atoms with Crippen LogP contribution in [0.4, 0.5) is 5.69 Å². The molecule has 7 nitrogen and oxygen atoms in total. The lowest BCUT2D eigenvalue weighted by atomic mass is 10.2. The van der Waals surface area contributed by atoms with E-state index in [0.29, 0.717) is 22.9 Å². The Morgan fingerprint density at radius 1 is 0.897 bits per heavy atom. The average molecular weight is 394 g/mol. The standard InChI is InChI=1S/C22H22N2O5/c1-27-17-7-4-6-16(12-17)23-21(25)20-8-5-9-24(22(20)26)14-15-10-18(28-2)13-19(11-15)29-3/h4-13H,14H2,1-3H3,(H,23,25). The number of amides is 1. The van der Waals surface area contributed by atoms with E-state index >= 15 is 0 Å². The van der Waals surface area contributed by atoms with E-state index in [1.54, 1.807) is 63.9 Å². The molecule has 0 fully saturated rings. The van der Waals surface area contributed by atoms with E-state index in [9.17, 15) is 9.59 Å². The minimum Gasteiger partial charge on any atom is -0.497 e. The van der Waals surface area contributed by atoms with Crippen LogP contribution in [0.25, 0.3) is 0 Å². The molecule has 1 N–H and O–H groups in total. The van der Waals surface area contributed by atoms with E-state index in [1.165, 1.54) is 10.6 Å². The summed E-state index contributed by atoms with van der Waals surface area (Å²) in [5.41, 5.74) is 1.01. The molecule has 29 heavy (non-hydrogen) atoms. The molecule has 0 saturated heterocycles. The molecule has 0 aliphatic heterocycles. The molecular formula is C22H22N2O5. The van der Waals surface area contributed by atoms with Crippen LogP contribution in [0.5, 0.6) is 17.2 Å². The van der Waals surface area contributed by atoms with E-state index in [4.69, 9.17) is 14.2 Å². The van der Waals surface area contributed by atoms with Gasteiger partial charge >= 0.3 is 0 Å². The van der Waals surface area contributed by atoms with Gasteiger partial charge in [0.05, 0.1) is 27.9 Å². The number of anilines is 1. The average Bonchev–Trinajstić information content (AvgIpc) is 2.74. The van der Waals surface area contributed by atoms with Crippen LogP contribution in [0.3, 0.4) is 0 Å². The molecule has 0 saturated carbocycles. The predicted molar refractivity (Wildman–Crippen MR) is 110 cm³/mol. The lowest BCUT2D eigenvalue weighted by molar-refractivity contribution is 0.102. The van der Waals surface area contributed by atoms with Gasteiger partial charge in [-0.25, -0.2) is 0 Å². The van der Waals surface area contributed by atoms with Gasteiger partial charge in [0.2, 0.25) is 0 Å². The van der Waals surface area contributed by atoms with Crippen LogP contribution in [-0.4, -0.2) is 31.8 Å². The highest BCUT2D eigenvalue weighted by molar-refractivity contribution is 6.04. The summed E-state index contributed by atoms with van der Waals surface area (Å²) >= 11 is 0. The van der Waals surface area contributed by atoms with E-state index < -0.39 is 11.5 Å². The molecule has 1 heterocycles. The summed E-state index contributed by atoms with van der Waals surface area (Å²) in [6.07, 6.45) is 1.64. The minimum absolute atomic E-state index is 0.0465. The molecule has 2 aromatic carbocycles. The van der Waals surface area contributed by atoms with Gasteiger partial charge in [-0.05, 0) is 42.0 Å². The molecule has 1 amide bonds. The van der Waals surface area contributed by atoms with Crippen molar-refractivity contribution in [3.8, 4) is 17.2 Å². The molecule has 3 aromatic rings. The van der Waals surface area contributed by atoms with Gasteiger partial charge < -0.3 is 24.1 Å². The summed E-state index contributed by atoms with van der Waals surface area (Å²) in [6.45, 7) is 0.271. The smallest absolute Gasteiger partial charge is 0.263 e. The summed E-state index contributed by atoms with van der Waals surface area (Å²) in [7, 11) is 4.67. The molecule has 0 unspecified atom stereocenters. The summed E-state index contributed by atoms with van der Waals surface area (Å²) in [4.78, 5) is 25.5. The van der Waals surface area contributed by atoms with Crippen molar-refractivity contribution in [3.05, 3.63) is 82.3 Å². The van der Waals surface area contributed by atoms with Crippen LogP contribution in [0.1, 0.15) is 15.9 Å². The van der Waals surface area contributed by atoms with Gasteiger partial charge in [-0.3, -0.25) is 9.59 Å². The van der Waals surface area contributed by atoms with Gasteiger partial charge in [-0.1, -0.05) is 6.07 Å². The number of hydrogen-bond acceptors (Lipinski definition) is 5. The third kappa shape index (κ3) is 4.76. The van der Waals surface area contributed by atoms with E-state index in [2.05, 4.69) is 5.32 Å². The number of nitrogens with one attached hydrogen (secondary N) is 1. The van der Waals surface area contributed by atoms with Gasteiger partial charge in [-0.15, -0.1) is 0 Å². The number of aromatic nitrogens is 1. The second-order valence-electron chi connectivity index (χ2n) is 6.26. The largest absolute Gasteiger partial charge is 0.497 e. The fraction of sp³-hybridized carbons (Fsp3) is 0.182. The maximum Gasteiger partial charge on any atom is 0.263 e. The third-order valence-corrected chi connectivity index (χ3v) is 4.36. The Morgan fingerprint density at radius 2 is 1.59 bits per heavy atom. The van der Waals surface area contributed by atoms with Crippen molar-refractivity contribution >= 4 is 11.6 Å². The second kappa shape index (κ2) is 8.97. The first-order chi connectivity index (χ1) is 14.0. The number of ether oxygens (including phenoxy) is 3. The van der Waals surface area contributed by atoms with E-state index in [1.807, 2.05) is 12.1 Å². The molecule has 0 aliphatic rings. The Labute approximate surface area is 168 Å². The van der Waals surface area contributed by atoms with Crippen LogP contribution in [0.2, 0.25) is 0 Å². The Kier molecular flexibility index (Phi) is 6.19. The van der Waals surface area contributed by atoms with Crippen LogP contribution in [-0.2, 0) is 6.54 Å². The van der Waals surface area contributed by atoms with E-state index in [-0.39, 0.29) is 12.1 Å². The quantitative estimate of drug-likeness (QED) is 0.666. The predicted octanol–water partition coefficient (Wildman–Crippen LogP) is 3.17. The fourth-order valence-corrected chi connectivity index (χ4v) is 2.89. The number of methoxy groups -OCH3 is 3. The molecule has 0 atom stereocenters. The van der Waals surface area contributed by atoms with Crippen molar-refractivity contribution in [2.24, 2.45) is 0 Å². The number of carbonyl (C=O) groups is 1. The van der Waals surface area contributed by atoms with Crippen molar-refractivity contribution in [1.29, 1.82) is 0 Å². The first kappa shape index (κ1) is 20.0. The zero-order valence-electron chi connectivity index (χ0n) is 16.5. The maximum absolute atomic E-state index is 12.9. The third-order valence-electron chi connectivity index (χ3n) is 4.36. The second-order valence-corrected chi connectivity index (χ2v) is 6.26. The number of benzene rings is 2. The maximum atomic E-state index is 12.9. The van der Waals surface area contributed by atoms with Gasteiger partial charge in [0.25, 0.3) is 11.5 Å². The monoisotopic (exact) mass is 394 g/mol. The van der Waals surface area contributed by atoms with Crippen molar-refractivity contribution < 1.29 is 19.0 Å². The highest BCUT2D eigenvalue weighted by Gasteiger charge is 2.13. The zero-order valence-corrected chi connectivity index (χ0v) is 16.5. The van der Waals surface area contributed by atoms with Gasteiger partial charge in [-0.2, -0.15) is 0 Å². The minimum atomic E-state index is -0.485. The van der Waals surface area contributed by atoms with Gasteiger partial charge in [0, 0.05) is 24.0 Å². The van der Waals surface area contributed by atoms with Crippen molar-refractivity contribution in [2.45, 2.75) is 6.54 Å². The summed E-state index contributed by atoms with van der Waals surface area (Å²) in [5, 5.41) is 2.73. The summed E-state index contributed by atoms with van der Waals surface area (Å²) < 4.78 is 17.2. The fourth-order valence-electron chi connectivity index (χ4n) is 2.89. The molecule has 7 heteroatoms. The highest BCUT2D eigenvalue weighted by Crippen LogP contribution is 2.23. The summed E-state index contributed by atoms with van der Waals surface area (Å²) in [6, 6.07) is 15.5. The summed E-state index contributed by atoms with van der Waals surface area (Å²) in [5.74, 6) is 1.37. The number of carbonyl (C=O) groups excluding carboxylic acids is 1. The zero-order chi connectivity index (χ0) is 20.8. The van der Waals surface area contributed by atoms with Crippen LogP contribution in [0, 0.1) is 0 Å². The van der Waals surface area contributed by atoms with Crippen molar-refractivity contribution in [1.82, 2.24) is 4.57 Å². The van der Waals surface area contributed by atoms with Crippen LogP contribution in [0.15, 0.2) is 65.6 Å². The molecule has 0 radical (unpaired) electrons. The molecule has 1 aromatic heterocycles. The SMILES string of the molecule is COc1cccc(NC(=O)c2cccn(Cc3cc(OC)cc(OC)c3)c2=O)c1. The number of rotatable bonds is 7. The lowest BCUT2D eigenvalue weighted by Gasteiger charge is -2.11. The first-order valence-corrected chi connectivity index (χ1v) is 8.91. The number of hydrogen-bond donors (Lipinski definition) is 1. The molecule has 0 aliphatic carbocycles. The Bertz CT molecular complexity index is 1050. The number of pyridine rings is 1. The van der Waals surface area contributed by atoms with Crippen molar-refractivity contribution in [2.75, 3.05) is 26.6 Å². The Balaban J connectivity index is 1.86. The highest BCUT2D eigenvalue weighted by atomic mass is 16.5. The van der Waals surface area contributed by atoms with E-state index in [0.717, 1.165) is 5.56 Å². The van der Waals surface area contributed by atoms with Gasteiger partial charge in [0.15, 0.2) is 0 Å². The molecular weight excluding hydrogens is 372 g/mol. The first-order valence-electron chi connectivity index (χ1n) is 8.91. The molecule has 0 spiro atoms. The molecule has 0 bridgehead atoms. The van der Waals surface area contributed by atoms with Crippen LogP contribution >= 0.6 is 0 Å². The Hall–Kier alpha value is -3.74. The van der Waals surface area contributed by atoms with Crippen LogP contribution < -0.4 is 25.1 Å². The van der Waals surface area contributed by atoms with Gasteiger partial charge in [0.1, 0.15) is 22.8 Å². The van der Waals surface area contributed by atoms with Crippen molar-refractivity contribution in [3.63, 3.8) is 0 Å². The topological polar surface area (TPSA) is 78.8 Å². The molecule has 150 valence electrons. The Morgan fingerprint density at radius 3 is 2.24 bits per heavy atom. The normalized spacial score (nSPS) is 10.3.